The van der Waals surface area contributed by atoms with E-state index in [2.05, 4.69) is 34.0 Å². The summed E-state index contributed by atoms with van der Waals surface area (Å²) in [7, 11) is 0. The van der Waals surface area contributed by atoms with E-state index in [1.807, 2.05) is 6.20 Å². The van der Waals surface area contributed by atoms with Gasteiger partial charge in [0.05, 0.1) is 0 Å². The summed E-state index contributed by atoms with van der Waals surface area (Å²) in [6.45, 7) is 7.33. The Kier molecular flexibility index (Phi) is 4.31. The molecule has 0 spiro atoms. The highest BCUT2D eigenvalue weighted by atomic mass is 15.2. The molecule has 1 aromatic rings. The fraction of sp³-hybridized carbons (Fsp3) is 0.692. The van der Waals surface area contributed by atoms with Crippen LogP contribution in [0.25, 0.3) is 0 Å². The topological polar surface area (TPSA) is 41.1 Å². The molecule has 1 saturated carbocycles. The molecule has 1 N–H and O–H groups in total. The Morgan fingerprint density at radius 2 is 2.24 bits per heavy atom. The van der Waals surface area contributed by atoms with Crippen LogP contribution in [-0.2, 0) is 6.54 Å². The average molecular weight is 234 g/mol. The van der Waals surface area contributed by atoms with E-state index in [1.165, 1.54) is 18.4 Å². The summed E-state index contributed by atoms with van der Waals surface area (Å²) in [6, 6.07) is 0.726. The van der Waals surface area contributed by atoms with E-state index in [1.54, 1.807) is 6.33 Å². The van der Waals surface area contributed by atoms with Gasteiger partial charge in [-0.15, -0.1) is 0 Å². The van der Waals surface area contributed by atoms with Crippen LogP contribution in [0.15, 0.2) is 12.5 Å². The van der Waals surface area contributed by atoms with E-state index in [4.69, 9.17) is 0 Å². The Morgan fingerprint density at radius 1 is 1.41 bits per heavy atom. The molecule has 1 aliphatic rings. The van der Waals surface area contributed by atoms with Gasteiger partial charge in [0, 0.05) is 37.4 Å². The van der Waals surface area contributed by atoms with Gasteiger partial charge in [0.15, 0.2) is 0 Å². The minimum absolute atomic E-state index is 0.726. The molecule has 1 aliphatic carbocycles. The average Bonchev–Trinajstić information content (AvgIpc) is 3.18. The maximum Gasteiger partial charge on any atom is 0.136 e. The van der Waals surface area contributed by atoms with Gasteiger partial charge in [0.1, 0.15) is 12.1 Å². The Bertz CT molecular complexity index is 349. The molecule has 1 heterocycles. The summed E-state index contributed by atoms with van der Waals surface area (Å²) in [5.74, 6) is 1.09. The Balaban J connectivity index is 2.06. The van der Waals surface area contributed by atoms with E-state index in [0.29, 0.717) is 0 Å². The number of aromatic nitrogens is 2. The Labute approximate surface area is 103 Å². The monoisotopic (exact) mass is 234 g/mol. The highest BCUT2D eigenvalue weighted by molar-refractivity contribution is 5.45. The molecule has 17 heavy (non-hydrogen) atoms. The second-order valence-electron chi connectivity index (χ2n) is 4.61. The maximum absolute atomic E-state index is 4.44. The number of nitrogens with one attached hydrogen (secondary N) is 1. The lowest BCUT2D eigenvalue weighted by Crippen LogP contribution is -2.27. The van der Waals surface area contributed by atoms with Gasteiger partial charge in [-0.3, -0.25) is 0 Å². The molecule has 0 bridgehead atoms. The van der Waals surface area contributed by atoms with Crippen LogP contribution in [0.1, 0.15) is 38.7 Å². The predicted octanol–water partition coefficient (Wildman–Crippen LogP) is 1.96. The second kappa shape index (κ2) is 5.96. The molecule has 2 rings (SSSR count). The highest BCUT2D eigenvalue weighted by Gasteiger charge is 2.21. The van der Waals surface area contributed by atoms with Crippen molar-refractivity contribution >= 4 is 5.82 Å². The van der Waals surface area contributed by atoms with Gasteiger partial charge in [-0.25, -0.2) is 9.97 Å². The van der Waals surface area contributed by atoms with E-state index in [9.17, 15) is 0 Å². The Hall–Kier alpha value is -1.16. The summed E-state index contributed by atoms with van der Waals surface area (Å²) in [5.41, 5.74) is 1.22. The van der Waals surface area contributed by atoms with Gasteiger partial charge in [0.25, 0.3) is 0 Å². The van der Waals surface area contributed by atoms with Gasteiger partial charge >= 0.3 is 0 Å². The lowest BCUT2D eigenvalue weighted by Gasteiger charge is -2.23. The zero-order valence-electron chi connectivity index (χ0n) is 10.8. The van der Waals surface area contributed by atoms with Gasteiger partial charge in [-0.1, -0.05) is 6.92 Å². The highest BCUT2D eigenvalue weighted by Crippen LogP contribution is 2.21. The van der Waals surface area contributed by atoms with Crippen molar-refractivity contribution in [2.24, 2.45) is 0 Å². The molecule has 1 aromatic heterocycles. The standard InChI is InChI=1S/C13H22N4/c1-3-7-17(4-2)13-11(8-14-10-16-13)9-15-12-5-6-12/h8,10,12,15H,3-7,9H2,1-2H3. The summed E-state index contributed by atoms with van der Waals surface area (Å²) < 4.78 is 0. The van der Waals surface area contributed by atoms with Crippen molar-refractivity contribution < 1.29 is 0 Å². The normalized spacial score (nSPS) is 14.9. The first kappa shape index (κ1) is 12.3. The van der Waals surface area contributed by atoms with E-state index < -0.39 is 0 Å². The van der Waals surface area contributed by atoms with Crippen molar-refractivity contribution in [1.82, 2.24) is 15.3 Å². The van der Waals surface area contributed by atoms with Crippen molar-refractivity contribution in [3.63, 3.8) is 0 Å². The third-order valence-corrected chi connectivity index (χ3v) is 3.10. The van der Waals surface area contributed by atoms with Gasteiger partial charge in [-0.2, -0.15) is 0 Å². The van der Waals surface area contributed by atoms with Crippen LogP contribution >= 0.6 is 0 Å². The number of hydrogen-bond acceptors (Lipinski definition) is 4. The number of rotatable bonds is 7. The third kappa shape index (κ3) is 3.40. The van der Waals surface area contributed by atoms with Crippen LogP contribution in [0.5, 0.6) is 0 Å². The lowest BCUT2D eigenvalue weighted by atomic mass is 10.2. The molecular formula is C13H22N4. The second-order valence-corrected chi connectivity index (χ2v) is 4.61. The predicted molar refractivity (Wildman–Crippen MR) is 70.1 cm³/mol. The largest absolute Gasteiger partial charge is 0.357 e. The van der Waals surface area contributed by atoms with E-state index in [-0.39, 0.29) is 0 Å². The first-order valence-corrected chi connectivity index (χ1v) is 6.62. The summed E-state index contributed by atoms with van der Waals surface area (Å²) >= 11 is 0. The molecule has 0 aromatic carbocycles. The van der Waals surface area contributed by atoms with Gasteiger partial charge < -0.3 is 10.2 Å². The molecule has 0 aliphatic heterocycles. The van der Waals surface area contributed by atoms with E-state index in [0.717, 1.165) is 37.9 Å². The number of anilines is 1. The molecule has 0 radical (unpaired) electrons. The minimum atomic E-state index is 0.726. The minimum Gasteiger partial charge on any atom is -0.357 e. The smallest absolute Gasteiger partial charge is 0.136 e. The maximum atomic E-state index is 4.44. The number of nitrogens with zero attached hydrogens (tertiary/aromatic N) is 3. The quantitative estimate of drug-likeness (QED) is 0.783. The van der Waals surface area contributed by atoms with Crippen molar-refractivity contribution in [3.05, 3.63) is 18.1 Å². The van der Waals surface area contributed by atoms with Crippen LogP contribution in [0.2, 0.25) is 0 Å². The van der Waals surface area contributed by atoms with Gasteiger partial charge in [-0.05, 0) is 26.2 Å². The fourth-order valence-electron chi connectivity index (χ4n) is 1.99. The van der Waals surface area contributed by atoms with Crippen molar-refractivity contribution in [1.29, 1.82) is 0 Å². The van der Waals surface area contributed by atoms with E-state index >= 15 is 0 Å². The zero-order chi connectivity index (χ0) is 12.1. The lowest BCUT2D eigenvalue weighted by molar-refractivity contribution is 0.675. The fourth-order valence-corrected chi connectivity index (χ4v) is 1.99. The summed E-state index contributed by atoms with van der Waals surface area (Å²) in [6.07, 6.45) is 7.36. The molecule has 4 heteroatoms. The molecule has 94 valence electrons. The van der Waals surface area contributed by atoms with Crippen LogP contribution in [0, 0.1) is 0 Å². The summed E-state index contributed by atoms with van der Waals surface area (Å²) in [4.78, 5) is 10.9. The third-order valence-electron chi connectivity index (χ3n) is 3.10. The molecule has 4 nitrogen and oxygen atoms in total. The molecule has 0 unspecified atom stereocenters. The van der Waals surface area contributed by atoms with Crippen LogP contribution in [0.4, 0.5) is 5.82 Å². The molecule has 0 saturated heterocycles. The SMILES string of the molecule is CCCN(CC)c1ncncc1CNC1CC1. The number of hydrogen-bond donors (Lipinski definition) is 1. The van der Waals surface area contributed by atoms with Crippen molar-refractivity contribution in [3.8, 4) is 0 Å². The van der Waals surface area contributed by atoms with Gasteiger partial charge in [0.2, 0.25) is 0 Å². The van der Waals surface area contributed by atoms with Crippen molar-refractivity contribution in [2.45, 2.75) is 45.7 Å². The molecule has 1 fully saturated rings. The van der Waals surface area contributed by atoms with Crippen molar-refractivity contribution in [2.75, 3.05) is 18.0 Å². The first-order valence-electron chi connectivity index (χ1n) is 6.62. The van der Waals surface area contributed by atoms with Crippen LogP contribution in [0.3, 0.4) is 0 Å². The van der Waals surface area contributed by atoms with Crippen LogP contribution < -0.4 is 10.2 Å². The van der Waals surface area contributed by atoms with Crippen LogP contribution in [-0.4, -0.2) is 29.1 Å². The molecule has 0 amide bonds. The summed E-state index contributed by atoms with van der Waals surface area (Å²) in [5, 5.41) is 3.53. The molecule has 0 atom stereocenters. The Morgan fingerprint density at radius 3 is 2.88 bits per heavy atom. The first-order chi connectivity index (χ1) is 8.35. The molecular weight excluding hydrogens is 212 g/mol. The zero-order valence-corrected chi connectivity index (χ0v) is 10.8.